The molecule has 0 aromatic rings. The molecule has 2 unspecified atom stereocenters. The van der Waals surface area contributed by atoms with Crippen LogP contribution in [0.3, 0.4) is 0 Å². The quantitative estimate of drug-likeness (QED) is 0.619. The molecule has 0 aromatic carbocycles. The van der Waals surface area contributed by atoms with Gasteiger partial charge in [-0.2, -0.15) is 0 Å². The minimum Gasteiger partial charge on any atom is -0.328 e. The van der Waals surface area contributed by atoms with Crippen molar-refractivity contribution in [3.8, 4) is 0 Å². The van der Waals surface area contributed by atoms with Crippen molar-refractivity contribution in [2.45, 2.75) is 57.9 Å². The molecule has 1 aliphatic carbocycles. The summed E-state index contributed by atoms with van der Waals surface area (Å²) in [6.45, 7) is 2.29. The van der Waals surface area contributed by atoms with E-state index in [0.717, 1.165) is 5.92 Å². The molecule has 0 radical (unpaired) electrons. The van der Waals surface area contributed by atoms with Crippen molar-refractivity contribution in [1.29, 1.82) is 0 Å². The predicted octanol–water partition coefficient (Wildman–Crippen LogP) is 2.69. The molecule has 0 heterocycles. The second kappa shape index (κ2) is 4.76. The molecule has 0 aromatic heterocycles. The van der Waals surface area contributed by atoms with Crippen molar-refractivity contribution in [2.75, 3.05) is 0 Å². The molecule has 2 N–H and O–H groups in total. The summed E-state index contributed by atoms with van der Waals surface area (Å²) in [5.74, 6) is 0.922. The predicted molar refractivity (Wildman–Crippen MR) is 49.5 cm³/mol. The number of hydrogen-bond acceptors (Lipinski definition) is 1. The normalized spacial score (nSPS) is 34.4. The van der Waals surface area contributed by atoms with Crippen LogP contribution in [-0.4, -0.2) is 6.04 Å². The Kier molecular flexibility index (Phi) is 3.92. The largest absolute Gasteiger partial charge is 0.328 e. The highest BCUT2D eigenvalue weighted by atomic mass is 14.6. The molecule has 11 heavy (non-hydrogen) atoms. The Labute approximate surface area is 70.4 Å². The first-order valence-corrected chi connectivity index (χ1v) is 5.08. The maximum absolute atomic E-state index is 5.97. The first-order chi connectivity index (χ1) is 5.33. The number of nitrogens with two attached hydrogens (primary N) is 1. The fraction of sp³-hybridized carbons (Fsp3) is 1.00. The van der Waals surface area contributed by atoms with E-state index in [2.05, 4.69) is 6.92 Å². The number of hydrogen-bond donors (Lipinski definition) is 1. The maximum Gasteiger partial charge on any atom is 0.00414 e. The summed E-state index contributed by atoms with van der Waals surface area (Å²) in [5, 5.41) is 0. The van der Waals surface area contributed by atoms with Crippen LogP contribution in [0.5, 0.6) is 0 Å². The van der Waals surface area contributed by atoms with Gasteiger partial charge in [-0.1, -0.05) is 39.0 Å². The average Bonchev–Trinajstić information content (AvgIpc) is 1.96. The van der Waals surface area contributed by atoms with E-state index in [9.17, 15) is 0 Å². The van der Waals surface area contributed by atoms with Crippen molar-refractivity contribution >= 4 is 0 Å². The summed E-state index contributed by atoms with van der Waals surface area (Å²) in [7, 11) is 0. The summed E-state index contributed by atoms with van der Waals surface area (Å²) in [5.41, 5.74) is 5.97. The summed E-state index contributed by atoms with van der Waals surface area (Å²) in [6, 6.07) is 0.500. The molecule has 1 fully saturated rings. The topological polar surface area (TPSA) is 26.0 Å². The van der Waals surface area contributed by atoms with Crippen LogP contribution in [0, 0.1) is 5.92 Å². The van der Waals surface area contributed by atoms with E-state index in [0.29, 0.717) is 6.04 Å². The van der Waals surface area contributed by atoms with Gasteiger partial charge in [-0.15, -0.1) is 0 Å². The summed E-state index contributed by atoms with van der Waals surface area (Å²) >= 11 is 0. The zero-order chi connectivity index (χ0) is 8.10. The second-order valence-corrected chi connectivity index (χ2v) is 3.91. The molecule has 2 atom stereocenters. The molecule has 1 nitrogen and oxygen atoms in total. The van der Waals surface area contributed by atoms with Crippen LogP contribution in [-0.2, 0) is 0 Å². The smallest absolute Gasteiger partial charge is 0.00414 e. The first kappa shape index (κ1) is 9.05. The molecule has 0 amide bonds. The van der Waals surface area contributed by atoms with Crippen molar-refractivity contribution in [1.82, 2.24) is 0 Å². The average molecular weight is 155 g/mol. The Morgan fingerprint density at radius 3 is 2.64 bits per heavy atom. The van der Waals surface area contributed by atoms with E-state index in [4.69, 9.17) is 5.73 Å². The van der Waals surface area contributed by atoms with E-state index in [1.165, 1.54) is 44.9 Å². The van der Waals surface area contributed by atoms with Gasteiger partial charge in [0, 0.05) is 6.04 Å². The molecule has 0 bridgehead atoms. The minimum absolute atomic E-state index is 0.500. The van der Waals surface area contributed by atoms with Crippen LogP contribution in [0.1, 0.15) is 51.9 Å². The molecule has 0 spiro atoms. The first-order valence-electron chi connectivity index (χ1n) is 5.08. The van der Waals surface area contributed by atoms with Gasteiger partial charge in [0.2, 0.25) is 0 Å². The summed E-state index contributed by atoms with van der Waals surface area (Å²) in [4.78, 5) is 0. The highest BCUT2D eigenvalue weighted by Crippen LogP contribution is 2.23. The highest BCUT2D eigenvalue weighted by molar-refractivity contribution is 4.70. The van der Waals surface area contributed by atoms with Gasteiger partial charge in [0.1, 0.15) is 0 Å². The van der Waals surface area contributed by atoms with Gasteiger partial charge in [0.15, 0.2) is 0 Å². The molecular weight excluding hydrogens is 134 g/mol. The van der Waals surface area contributed by atoms with Crippen LogP contribution < -0.4 is 5.73 Å². The highest BCUT2D eigenvalue weighted by Gasteiger charge is 2.13. The van der Waals surface area contributed by atoms with Crippen LogP contribution in [0.25, 0.3) is 0 Å². The van der Waals surface area contributed by atoms with E-state index in [1.807, 2.05) is 0 Å². The lowest BCUT2D eigenvalue weighted by Gasteiger charge is -2.22. The van der Waals surface area contributed by atoms with Crippen LogP contribution in [0.4, 0.5) is 0 Å². The molecule has 1 rings (SSSR count). The SMILES string of the molecule is CCC1CCCCCC(N)C1. The van der Waals surface area contributed by atoms with Gasteiger partial charge < -0.3 is 5.73 Å². The third-order valence-corrected chi connectivity index (χ3v) is 2.90. The van der Waals surface area contributed by atoms with Crippen molar-refractivity contribution in [2.24, 2.45) is 11.7 Å². The molecule has 0 saturated heterocycles. The van der Waals surface area contributed by atoms with Gasteiger partial charge in [0.25, 0.3) is 0 Å². The van der Waals surface area contributed by atoms with Gasteiger partial charge in [-0.05, 0) is 18.8 Å². The van der Waals surface area contributed by atoms with Crippen molar-refractivity contribution in [3.05, 3.63) is 0 Å². The molecule has 1 aliphatic rings. The molecular formula is C10H21N. The molecule has 1 saturated carbocycles. The lowest BCUT2D eigenvalue weighted by molar-refractivity contribution is 0.340. The number of rotatable bonds is 1. The zero-order valence-corrected chi connectivity index (χ0v) is 7.68. The lowest BCUT2D eigenvalue weighted by Crippen LogP contribution is -2.24. The third-order valence-electron chi connectivity index (χ3n) is 2.90. The Balaban J connectivity index is 2.29. The van der Waals surface area contributed by atoms with E-state index >= 15 is 0 Å². The molecule has 66 valence electrons. The van der Waals surface area contributed by atoms with Crippen LogP contribution >= 0.6 is 0 Å². The van der Waals surface area contributed by atoms with Crippen LogP contribution in [0.2, 0.25) is 0 Å². The fourth-order valence-electron chi connectivity index (χ4n) is 2.05. The minimum atomic E-state index is 0.500. The van der Waals surface area contributed by atoms with E-state index in [-0.39, 0.29) is 0 Å². The third kappa shape index (κ3) is 3.24. The van der Waals surface area contributed by atoms with Gasteiger partial charge in [-0.3, -0.25) is 0 Å². The van der Waals surface area contributed by atoms with Gasteiger partial charge >= 0.3 is 0 Å². The van der Waals surface area contributed by atoms with Crippen molar-refractivity contribution < 1.29 is 0 Å². The van der Waals surface area contributed by atoms with Crippen LogP contribution in [0.15, 0.2) is 0 Å². The fourth-order valence-corrected chi connectivity index (χ4v) is 2.05. The standard InChI is InChI=1S/C10H21N/c1-2-9-6-4-3-5-7-10(11)8-9/h9-10H,2-8,11H2,1H3. The lowest BCUT2D eigenvalue weighted by atomic mass is 9.87. The molecule has 0 aliphatic heterocycles. The Bertz CT molecular complexity index is 101. The van der Waals surface area contributed by atoms with E-state index in [1.54, 1.807) is 0 Å². The molecule has 1 heteroatoms. The zero-order valence-electron chi connectivity index (χ0n) is 7.68. The summed E-state index contributed by atoms with van der Waals surface area (Å²) in [6.07, 6.45) is 9.48. The monoisotopic (exact) mass is 155 g/mol. The van der Waals surface area contributed by atoms with Gasteiger partial charge in [0.05, 0.1) is 0 Å². The van der Waals surface area contributed by atoms with Crippen molar-refractivity contribution in [3.63, 3.8) is 0 Å². The maximum atomic E-state index is 5.97. The van der Waals surface area contributed by atoms with E-state index < -0.39 is 0 Å². The summed E-state index contributed by atoms with van der Waals surface area (Å²) < 4.78 is 0. The Morgan fingerprint density at radius 2 is 1.91 bits per heavy atom. The Morgan fingerprint density at radius 1 is 1.18 bits per heavy atom. The van der Waals surface area contributed by atoms with Gasteiger partial charge in [-0.25, -0.2) is 0 Å². The Hall–Kier alpha value is -0.0400. The second-order valence-electron chi connectivity index (χ2n) is 3.91.